The molecule has 1 aliphatic rings. The highest BCUT2D eigenvalue weighted by Gasteiger charge is 2.37. The van der Waals surface area contributed by atoms with Gasteiger partial charge in [0, 0.05) is 12.6 Å². The maximum Gasteiger partial charge on any atom is 0.410 e. The first kappa shape index (κ1) is 17.2. The standard InChI is InChI=1S/C16H22BrFN2O2/c1-16(2,3)22-15(21)20-8-7-12(19)13(20)9-10-5-4-6-11(17)14(10)18/h4-6,12-13H,7-9,19H2,1-3H3/t12-,13-/m0/s1. The molecule has 1 aromatic carbocycles. The molecular weight excluding hydrogens is 351 g/mol. The van der Waals surface area contributed by atoms with Crippen molar-refractivity contribution in [2.45, 2.75) is 51.3 Å². The van der Waals surface area contributed by atoms with Crippen molar-refractivity contribution in [3.05, 3.63) is 34.1 Å². The minimum absolute atomic E-state index is 0.175. The average molecular weight is 373 g/mol. The van der Waals surface area contributed by atoms with Gasteiger partial charge in [-0.3, -0.25) is 0 Å². The van der Waals surface area contributed by atoms with Crippen LogP contribution < -0.4 is 5.73 Å². The van der Waals surface area contributed by atoms with Gasteiger partial charge in [0.25, 0.3) is 0 Å². The maximum absolute atomic E-state index is 14.2. The molecule has 22 heavy (non-hydrogen) atoms. The van der Waals surface area contributed by atoms with Crippen molar-refractivity contribution in [3.8, 4) is 0 Å². The molecule has 0 radical (unpaired) electrons. The maximum atomic E-state index is 14.2. The Morgan fingerprint density at radius 2 is 2.18 bits per heavy atom. The predicted octanol–water partition coefficient (Wildman–Crippen LogP) is 3.47. The lowest BCUT2D eigenvalue weighted by Gasteiger charge is -2.30. The molecule has 0 aliphatic carbocycles. The lowest BCUT2D eigenvalue weighted by Crippen LogP contribution is -2.46. The van der Waals surface area contributed by atoms with E-state index in [0.29, 0.717) is 29.4 Å². The van der Waals surface area contributed by atoms with E-state index < -0.39 is 5.60 Å². The molecule has 1 saturated heterocycles. The molecule has 1 heterocycles. The summed E-state index contributed by atoms with van der Waals surface area (Å²) in [6, 6.07) is 4.72. The molecule has 0 saturated carbocycles. The fraction of sp³-hybridized carbons (Fsp3) is 0.562. The summed E-state index contributed by atoms with van der Waals surface area (Å²) in [5.41, 5.74) is 6.11. The number of carbonyl (C=O) groups is 1. The van der Waals surface area contributed by atoms with Crippen molar-refractivity contribution < 1.29 is 13.9 Å². The molecule has 6 heteroatoms. The minimum atomic E-state index is -0.560. The smallest absolute Gasteiger partial charge is 0.410 e. The van der Waals surface area contributed by atoms with E-state index >= 15 is 0 Å². The van der Waals surface area contributed by atoms with E-state index in [9.17, 15) is 9.18 Å². The molecule has 0 unspecified atom stereocenters. The average Bonchev–Trinajstić information content (AvgIpc) is 2.75. The fourth-order valence-corrected chi connectivity index (χ4v) is 3.02. The van der Waals surface area contributed by atoms with E-state index in [2.05, 4.69) is 15.9 Å². The van der Waals surface area contributed by atoms with E-state index in [4.69, 9.17) is 10.5 Å². The molecule has 0 aromatic heterocycles. The second-order valence-electron chi connectivity index (χ2n) is 6.61. The number of amides is 1. The minimum Gasteiger partial charge on any atom is -0.444 e. The lowest BCUT2D eigenvalue weighted by atomic mass is 10.0. The van der Waals surface area contributed by atoms with Gasteiger partial charge < -0.3 is 15.4 Å². The van der Waals surface area contributed by atoms with Crippen LogP contribution >= 0.6 is 15.9 Å². The molecule has 0 bridgehead atoms. The fourth-order valence-electron chi connectivity index (χ4n) is 2.62. The summed E-state index contributed by atoms with van der Waals surface area (Å²) in [5, 5.41) is 0. The molecule has 1 amide bonds. The summed E-state index contributed by atoms with van der Waals surface area (Å²) in [6.07, 6.45) is 0.687. The molecule has 0 spiro atoms. The van der Waals surface area contributed by atoms with E-state index in [-0.39, 0.29) is 24.0 Å². The molecule has 122 valence electrons. The Bertz CT molecular complexity index is 560. The number of benzene rings is 1. The first-order chi connectivity index (χ1) is 10.2. The highest BCUT2D eigenvalue weighted by Crippen LogP contribution is 2.26. The van der Waals surface area contributed by atoms with Crippen molar-refractivity contribution in [1.82, 2.24) is 4.90 Å². The third kappa shape index (κ3) is 3.98. The van der Waals surface area contributed by atoms with Crippen molar-refractivity contribution >= 4 is 22.0 Å². The van der Waals surface area contributed by atoms with E-state index in [0.717, 1.165) is 0 Å². The van der Waals surface area contributed by atoms with Crippen LogP contribution in [0.15, 0.2) is 22.7 Å². The Labute approximate surface area is 138 Å². The third-order valence-corrected chi connectivity index (χ3v) is 4.30. The summed E-state index contributed by atoms with van der Waals surface area (Å²) in [7, 11) is 0. The van der Waals surface area contributed by atoms with Gasteiger partial charge in [0.2, 0.25) is 0 Å². The predicted molar refractivity (Wildman–Crippen MR) is 87.1 cm³/mol. The van der Waals surface area contributed by atoms with Crippen molar-refractivity contribution in [2.24, 2.45) is 5.73 Å². The highest BCUT2D eigenvalue weighted by molar-refractivity contribution is 9.10. The number of nitrogens with two attached hydrogens (primary N) is 1. The first-order valence-electron chi connectivity index (χ1n) is 7.37. The van der Waals surface area contributed by atoms with Gasteiger partial charge in [-0.2, -0.15) is 0 Å². The van der Waals surface area contributed by atoms with Crippen LogP contribution in [0.5, 0.6) is 0 Å². The molecular formula is C16H22BrFN2O2. The van der Waals surface area contributed by atoms with Crippen molar-refractivity contribution in [1.29, 1.82) is 0 Å². The number of ether oxygens (including phenoxy) is 1. The van der Waals surface area contributed by atoms with Gasteiger partial charge in [-0.25, -0.2) is 9.18 Å². The van der Waals surface area contributed by atoms with Crippen LogP contribution in [-0.4, -0.2) is 35.2 Å². The summed E-state index contributed by atoms with van der Waals surface area (Å²) in [6.45, 7) is 6.01. The van der Waals surface area contributed by atoms with Crippen LogP contribution in [0, 0.1) is 5.82 Å². The van der Waals surface area contributed by atoms with Crippen LogP contribution in [0.2, 0.25) is 0 Å². The monoisotopic (exact) mass is 372 g/mol. The normalized spacial score (nSPS) is 22.0. The zero-order valence-corrected chi connectivity index (χ0v) is 14.7. The summed E-state index contributed by atoms with van der Waals surface area (Å²) in [5.74, 6) is -0.300. The number of rotatable bonds is 2. The SMILES string of the molecule is CC(C)(C)OC(=O)N1CC[C@H](N)[C@@H]1Cc1cccc(Br)c1F. The largest absolute Gasteiger partial charge is 0.444 e. The Balaban J connectivity index is 2.16. The number of halogens is 2. The highest BCUT2D eigenvalue weighted by atomic mass is 79.9. The molecule has 2 atom stereocenters. The van der Waals surface area contributed by atoms with Crippen LogP contribution in [0.3, 0.4) is 0 Å². The zero-order chi connectivity index (χ0) is 16.5. The summed E-state index contributed by atoms with van der Waals surface area (Å²) >= 11 is 3.18. The zero-order valence-electron chi connectivity index (χ0n) is 13.1. The molecule has 4 nitrogen and oxygen atoms in total. The topological polar surface area (TPSA) is 55.6 Å². The summed E-state index contributed by atoms with van der Waals surface area (Å²) in [4.78, 5) is 13.9. The van der Waals surface area contributed by atoms with Gasteiger partial charge in [0.1, 0.15) is 11.4 Å². The third-order valence-electron chi connectivity index (χ3n) is 3.69. The number of likely N-dealkylation sites (tertiary alicyclic amines) is 1. The Morgan fingerprint density at radius 3 is 2.82 bits per heavy atom. The van der Waals surface area contributed by atoms with Gasteiger partial charge >= 0.3 is 6.09 Å². The Kier molecular flexibility index (Phi) is 5.12. The first-order valence-corrected chi connectivity index (χ1v) is 8.16. The van der Waals surface area contributed by atoms with Crippen LogP contribution in [0.25, 0.3) is 0 Å². The van der Waals surface area contributed by atoms with Gasteiger partial charge in [-0.15, -0.1) is 0 Å². The Hall–Kier alpha value is -1.14. The van der Waals surface area contributed by atoms with Gasteiger partial charge in [0.15, 0.2) is 0 Å². The molecule has 1 aliphatic heterocycles. The second kappa shape index (κ2) is 6.54. The number of carbonyl (C=O) groups excluding carboxylic acids is 1. The number of hydrogen-bond donors (Lipinski definition) is 1. The van der Waals surface area contributed by atoms with E-state index in [1.54, 1.807) is 23.1 Å². The van der Waals surface area contributed by atoms with E-state index in [1.165, 1.54) is 0 Å². The van der Waals surface area contributed by atoms with Gasteiger partial charge in [-0.05, 0) is 61.2 Å². The molecule has 2 rings (SSSR count). The molecule has 1 aromatic rings. The number of nitrogens with zero attached hydrogens (tertiary/aromatic N) is 1. The van der Waals surface area contributed by atoms with E-state index in [1.807, 2.05) is 20.8 Å². The summed E-state index contributed by atoms with van der Waals surface area (Å²) < 4.78 is 20.0. The lowest BCUT2D eigenvalue weighted by molar-refractivity contribution is 0.0220. The van der Waals surface area contributed by atoms with Gasteiger partial charge in [0.05, 0.1) is 10.5 Å². The van der Waals surface area contributed by atoms with Crippen molar-refractivity contribution in [2.75, 3.05) is 6.54 Å². The molecule has 1 fully saturated rings. The molecule has 2 N–H and O–H groups in total. The number of hydrogen-bond acceptors (Lipinski definition) is 3. The Morgan fingerprint density at radius 1 is 1.50 bits per heavy atom. The van der Waals surface area contributed by atoms with Gasteiger partial charge in [-0.1, -0.05) is 12.1 Å². The van der Waals surface area contributed by atoms with Crippen molar-refractivity contribution in [3.63, 3.8) is 0 Å². The van der Waals surface area contributed by atoms with Crippen LogP contribution in [0.4, 0.5) is 9.18 Å². The quantitative estimate of drug-likeness (QED) is 0.864. The van der Waals surface area contributed by atoms with Crippen LogP contribution in [0.1, 0.15) is 32.8 Å². The van der Waals surface area contributed by atoms with Crippen LogP contribution in [-0.2, 0) is 11.2 Å². The second-order valence-corrected chi connectivity index (χ2v) is 7.47.